The van der Waals surface area contributed by atoms with Gasteiger partial charge in [-0.1, -0.05) is 33.6 Å². The summed E-state index contributed by atoms with van der Waals surface area (Å²) < 4.78 is 7.07. The first-order valence-corrected chi connectivity index (χ1v) is 13.4. The molecule has 29 heavy (non-hydrogen) atoms. The molecule has 10 unspecified atom stereocenters. The monoisotopic (exact) mass is 399 g/mol. The van der Waals surface area contributed by atoms with Crippen molar-refractivity contribution in [2.45, 2.75) is 116 Å². The highest BCUT2D eigenvalue weighted by atomic mass is 16.5. The van der Waals surface area contributed by atoms with E-state index in [1.165, 1.54) is 83.5 Å². The van der Waals surface area contributed by atoms with Crippen LogP contribution in [0, 0.1) is 46.3 Å². The maximum absolute atomic E-state index is 7.07. The van der Waals surface area contributed by atoms with E-state index in [4.69, 9.17) is 4.74 Å². The van der Waals surface area contributed by atoms with Gasteiger partial charge in [-0.25, -0.2) is 0 Å². The van der Waals surface area contributed by atoms with Crippen molar-refractivity contribution in [3.8, 4) is 0 Å². The van der Waals surface area contributed by atoms with Gasteiger partial charge in [-0.2, -0.15) is 0 Å². The van der Waals surface area contributed by atoms with E-state index >= 15 is 0 Å². The molecule has 164 valence electrons. The van der Waals surface area contributed by atoms with Gasteiger partial charge in [0.25, 0.3) is 0 Å². The summed E-state index contributed by atoms with van der Waals surface area (Å²) in [7, 11) is 0. The Labute approximate surface area is 179 Å². The Balaban J connectivity index is 1.29. The quantitative estimate of drug-likeness (QED) is 0.499. The second-order valence-electron chi connectivity index (χ2n) is 12.9. The summed E-state index contributed by atoms with van der Waals surface area (Å²) in [4.78, 5) is 0. The molecule has 1 spiro atoms. The molecule has 0 radical (unpaired) electrons. The fourth-order valence-corrected chi connectivity index (χ4v) is 10.7. The maximum Gasteiger partial charge on any atom is 0.119 e. The molecule has 1 N–H and O–H groups in total. The Morgan fingerprint density at radius 3 is 2.52 bits per heavy atom. The highest BCUT2D eigenvalue weighted by Gasteiger charge is 2.65. The van der Waals surface area contributed by atoms with Crippen LogP contribution in [0.1, 0.15) is 104 Å². The molecule has 0 aromatic rings. The molecule has 2 nitrogen and oxygen atoms in total. The Morgan fingerprint density at radius 1 is 0.828 bits per heavy atom. The third-order valence-corrected chi connectivity index (χ3v) is 11.8. The molecule has 0 aromatic carbocycles. The number of ether oxygens (including phenoxy) is 1. The van der Waals surface area contributed by atoms with Crippen LogP contribution in [0.2, 0.25) is 0 Å². The van der Waals surface area contributed by atoms with Crippen molar-refractivity contribution in [1.29, 1.82) is 0 Å². The molecule has 6 rings (SSSR count). The van der Waals surface area contributed by atoms with Gasteiger partial charge in [-0.05, 0) is 124 Å². The Kier molecular flexibility index (Phi) is 4.53. The molecule has 2 heteroatoms. The second kappa shape index (κ2) is 6.71. The Morgan fingerprint density at radius 2 is 1.69 bits per heavy atom. The molecule has 6 fully saturated rings. The summed E-state index contributed by atoms with van der Waals surface area (Å²) >= 11 is 0. The first-order chi connectivity index (χ1) is 14.0. The highest BCUT2D eigenvalue weighted by Crippen LogP contribution is 2.69. The number of hydrogen-bond acceptors (Lipinski definition) is 2. The standard InChI is InChI=1S/C27H45NO/c1-18-17-27(13-6-7-15-28-27)29-23-16-22-20-10-9-19-8-4-5-12-25(19,2)21(20)11-14-26(22,3)24(18)23/h18-24,28H,4-17H2,1-3H3. The average molecular weight is 400 g/mol. The Bertz CT molecular complexity index is 640. The van der Waals surface area contributed by atoms with E-state index in [1.807, 2.05) is 0 Å². The van der Waals surface area contributed by atoms with Crippen molar-refractivity contribution in [2.75, 3.05) is 6.54 Å². The molecular formula is C27H45NO. The van der Waals surface area contributed by atoms with Gasteiger partial charge in [-0.15, -0.1) is 0 Å². The second-order valence-corrected chi connectivity index (χ2v) is 12.9. The summed E-state index contributed by atoms with van der Waals surface area (Å²) in [6.07, 6.45) is 19.2. The van der Waals surface area contributed by atoms with Crippen molar-refractivity contribution >= 4 is 0 Å². The minimum absolute atomic E-state index is 0.0229. The van der Waals surface area contributed by atoms with Gasteiger partial charge in [0, 0.05) is 0 Å². The first-order valence-electron chi connectivity index (χ1n) is 13.4. The predicted molar refractivity (Wildman–Crippen MR) is 118 cm³/mol. The number of piperidine rings is 1. The van der Waals surface area contributed by atoms with Crippen molar-refractivity contribution in [1.82, 2.24) is 5.32 Å². The van der Waals surface area contributed by atoms with E-state index in [-0.39, 0.29) is 5.72 Å². The van der Waals surface area contributed by atoms with Crippen LogP contribution in [-0.2, 0) is 4.74 Å². The van der Waals surface area contributed by atoms with E-state index in [2.05, 4.69) is 26.1 Å². The lowest BCUT2D eigenvalue weighted by Gasteiger charge is -2.61. The maximum atomic E-state index is 7.07. The molecule has 4 aliphatic carbocycles. The molecule has 10 atom stereocenters. The van der Waals surface area contributed by atoms with Crippen molar-refractivity contribution in [3.05, 3.63) is 0 Å². The average Bonchev–Trinajstić information content (AvgIpc) is 3.00. The van der Waals surface area contributed by atoms with Crippen LogP contribution in [0.5, 0.6) is 0 Å². The molecule has 0 aromatic heterocycles. The van der Waals surface area contributed by atoms with Crippen LogP contribution in [-0.4, -0.2) is 18.4 Å². The molecule has 2 heterocycles. The lowest BCUT2D eigenvalue weighted by atomic mass is 9.44. The normalized spacial score (nSPS) is 59.5. The van der Waals surface area contributed by atoms with Crippen LogP contribution in [0.25, 0.3) is 0 Å². The lowest BCUT2D eigenvalue weighted by molar-refractivity contribution is -0.202. The van der Waals surface area contributed by atoms with Gasteiger partial charge in [0.2, 0.25) is 0 Å². The zero-order valence-electron chi connectivity index (χ0n) is 19.3. The number of hydrogen-bond donors (Lipinski definition) is 1. The van der Waals surface area contributed by atoms with Gasteiger partial charge in [0.1, 0.15) is 5.72 Å². The molecule has 2 saturated heterocycles. The van der Waals surface area contributed by atoms with E-state index < -0.39 is 0 Å². The van der Waals surface area contributed by atoms with Crippen LogP contribution >= 0.6 is 0 Å². The van der Waals surface area contributed by atoms with E-state index in [0.717, 1.165) is 42.1 Å². The minimum atomic E-state index is 0.0229. The van der Waals surface area contributed by atoms with Gasteiger partial charge >= 0.3 is 0 Å². The van der Waals surface area contributed by atoms with Gasteiger partial charge in [0.15, 0.2) is 0 Å². The molecule has 6 aliphatic rings. The van der Waals surface area contributed by atoms with Crippen LogP contribution in [0.3, 0.4) is 0 Å². The highest BCUT2D eigenvalue weighted by molar-refractivity contribution is 5.13. The van der Waals surface area contributed by atoms with Crippen molar-refractivity contribution in [2.24, 2.45) is 46.3 Å². The number of fused-ring (bicyclic) bond motifs is 7. The number of rotatable bonds is 0. The Hall–Kier alpha value is -0.0800. The fourth-order valence-electron chi connectivity index (χ4n) is 10.7. The topological polar surface area (TPSA) is 21.3 Å². The molecule has 0 amide bonds. The molecule has 4 saturated carbocycles. The van der Waals surface area contributed by atoms with E-state index in [9.17, 15) is 0 Å². The van der Waals surface area contributed by atoms with Crippen molar-refractivity contribution < 1.29 is 4.74 Å². The van der Waals surface area contributed by atoms with E-state index in [1.54, 1.807) is 0 Å². The summed E-state index contributed by atoms with van der Waals surface area (Å²) in [5.74, 6) is 5.58. The smallest absolute Gasteiger partial charge is 0.119 e. The van der Waals surface area contributed by atoms with Crippen LogP contribution in [0.15, 0.2) is 0 Å². The molecule has 0 bridgehead atoms. The zero-order chi connectivity index (χ0) is 19.9. The summed E-state index contributed by atoms with van der Waals surface area (Å²) in [5, 5.41) is 3.85. The zero-order valence-corrected chi connectivity index (χ0v) is 19.3. The van der Waals surface area contributed by atoms with E-state index in [0.29, 0.717) is 16.9 Å². The third-order valence-electron chi connectivity index (χ3n) is 11.8. The SMILES string of the molecule is CC1CC2(CCCCN2)OC2CC3C4CCC5CCCCC5(C)C4CCC3(C)C12. The largest absolute Gasteiger partial charge is 0.357 e. The summed E-state index contributed by atoms with van der Waals surface area (Å²) in [5.41, 5.74) is 1.23. The molecular weight excluding hydrogens is 354 g/mol. The van der Waals surface area contributed by atoms with Crippen LogP contribution in [0.4, 0.5) is 0 Å². The third kappa shape index (κ3) is 2.73. The minimum Gasteiger partial charge on any atom is -0.357 e. The fraction of sp³-hybridized carbons (Fsp3) is 1.00. The van der Waals surface area contributed by atoms with Gasteiger partial charge in [0.05, 0.1) is 6.10 Å². The number of nitrogens with one attached hydrogen (secondary N) is 1. The van der Waals surface area contributed by atoms with Crippen LogP contribution < -0.4 is 5.32 Å². The summed E-state index contributed by atoms with van der Waals surface area (Å²) in [6.45, 7) is 9.17. The van der Waals surface area contributed by atoms with Crippen molar-refractivity contribution in [3.63, 3.8) is 0 Å². The van der Waals surface area contributed by atoms with Gasteiger partial charge in [-0.3, -0.25) is 5.32 Å². The predicted octanol–water partition coefficient (Wildman–Crippen LogP) is 6.54. The van der Waals surface area contributed by atoms with Gasteiger partial charge < -0.3 is 4.74 Å². The lowest BCUT2D eigenvalue weighted by Crippen LogP contribution is -2.59. The summed E-state index contributed by atoms with van der Waals surface area (Å²) in [6, 6.07) is 0. The molecule has 2 aliphatic heterocycles. The first kappa shape index (κ1) is 19.6.